The molecule has 0 bridgehead atoms. The molecule has 0 spiro atoms. The number of alkyl carbamates (subject to hydrolysis) is 1. The predicted molar refractivity (Wildman–Crippen MR) is 45.3 cm³/mol. The van der Waals surface area contributed by atoms with E-state index in [1.165, 1.54) is 0 Å². The van der Waals surface area contributed by atoms with Gasteiger partial charge >= 0.3 is 6.09 Å². The van der Waals surface area contributed by atoms with Crippen LogP contribution in [0.5, 0.6) is 0 Å². The first-order chi connectivity index (χ1) is 6.27. The third-order valence-electron chi connectivity index (χ3n) is 1.69. The highest BCUT2D eigenvalue weighted by Gasteiger charge is 2.31. The molecule has 1 aliphatic rings. The highest BCUT2D eigenvalue weighted by Crippen LogP contribution is 2.08. The quantitative estimate of drug-likeness (QED) is 0.639. The fourth-order valence-corrected chi connectivity index (χ4v) is 1.16. The van der Waals surface area contributed by atoms with Crippen molar-refractivity contribution in [2.24, 2.45) is 0 Å². The van der Waals surface area contributed by atoms with Gasteiger partial charge in [0.15, 0.2) is 6.29 Å². The molecule has 0 radical (unpaired) electrons. The number of hydrogen-bond acceptors (Lipinski definition) is 4. The molecule has 76 valence electrons. The zero-order chi connectivity index (χ0) is 9.68. The molecule has 5 heteroatoms. The van der Waals surface area contributed by atoms with Crippen molar-refractivity contribution in [1.29, 1.82) is 0 Å². The molecule has 1 amide bonds. The first-order valence-electron chi connectivity index (χ1n) is 4.44. The molecule has 1 atom stereocenters. The highest BCUT2D eigenvalue weighted by atomic mass is 16.7. The van der Waals surface area contributed by atoms with Crippen LogP contribution < -0.4 is 5.32 Å². The second-order valence-corrected chi connectivity index (χ2v) is 2.63. The van der Waals surface area contributed by atoms with Gasteiger partial charge in [-0.1, -0.05) is 0 Å². The van der Waals surface area contributed by atoms with Crippen LogP contribution in [-0.2, 0) is 14.2 Å². The Labute approximate surface area is 77.3 Å². The van der Waals surface area contributed by atoms with E-state index in [-0.39, 0.29) is 6.04 Å². The van der Waals surface area contributed by atoms with E-state index in [1.807, 2.05) is 13.8 Å². The van der Waals surface area contributed by atoms with Crippen molar-refractivity contribution in [1.82, 2.24) is 5.32 Å². The van der Waals surface area contributed by atoms with Crippen LogP contribution in [0.4, 0.5) is 4.79 Å². The Morgan fingerprint density at radius 2 is 2.15 bits per heavy atom. The minimum Gasteiger partial charge on any atom is -0.447 e. The molecule has 5 nitrogen and oxygen atoms in total. The summed E-state index contributed by atoms with van der Waals surface area (Å²) >= 11 is 0. The van der Waals surface area contributed by atoms with Crippen LogP contribution in [0.2, 0.25) is 0 Å². The first-order valence-corrected chi connectivity index (χ1v) is 4.44. The average molecular weight is 189 g/mol. The number of amides is 1. The molecule has 1 aliphatic heterocycles. The van der Waals surface area contributed by atoms with Gasteiger partial charge in [0, 0.05) is 13.2 Å². The van der Waals surface area contributed by atoms with Crippen LogP contribution in [0.3, 0.4) is 0 Å². The average Bonchev–Trinajstić information content (AvgIpc) is 2.51. The van der Waals surface area contributed by atoms with Gasteiger partial charge in [-0.2, -0.15) is 0 Å². The minimum absolute atomic E-state index is 0.188. The van der Waals surface area contributed by atoms with Crippen LogP contribution in [0, 0.1) is 0 Å². The van der Waals surface area contributed by atoms with Crippen LogP contribution in [-0.4, -0.2) is 38.2 Å². The topological polar surface area (TPSA) is 56.8 Å². The lowest BCUT2D eigenvalue weighted by atomic mass is 10.3. The summed E-state index contributed by atoms with van der Waals surface area (Å²) < 4.78 is 15.3. The summed E-state index contributed by atoms with van der Waals surface area (Å²) in [5.74, 6) is 0. The fourth-order valence-electron chi connectivity index (χ4n) is 1.16. The maximum absolute atomic E-state index is 10.7. The summed E-state index contributed by atoms with van der Waals surface area (Å²) in [6.45, 7) is 5.17. The first kappa shape index (κ1) is 10.3. The number of rotatable bonds is 5. The predicted octanol–water partition coefficient (Wildman–Crippen LogP) is 0.494. The van der Waals surface area contributed by atoms with Gasteiger partial charge in [-0.3, -0.25) is 0 Å². The van der Waals surface area contributed by atoms with Crippen molar-refractivity contribution < 1.29 is 19.0 Å². The van der Waals surface area contributed by atoms with Gasteiger partial charge in [0.1, 0.15) is 12.6 Å². The van der Waals surface area contributed by atoms with Gasteiger partial charge in [0.25, 0.3) is 0 Å². The van der Waals surface area contributed by atoms with Gasteiger partial charge in [0.2, 0.25) is 0 Å². The summed E-state index contributed by atoms with van der Waals surface area (Å²) in [4.78, 5) is 10.7. The molecule has 0 saturated carbocycles. The van der Waals surface area contributed by atoms with E-state index in [0.717, 1.165) is 0 Å². The minimum atomic E-state index is -0.408. The van der Waals surface area contributed by atoms with Crippen LogP contribution in [0.25, 0.3) is 0 Å². The van der Waals surface area contributed by atoms with Crippen LogP contribution >= 0.6 is 0 Å². The summed E-state index contributed by atoms with van der Waals surface area (Å²) in [5.41, 5.74) is 0. The molecule has 0 aromatic heterocycles. The molecule has 13 heavy (non-hydrogen) atoms. The normalized spacial score (nSPS) is 21.8. The third-order valence-corrected chi connectivity index (χ3v) is 1.69. The number of carbonyl (C=O) groups is 1. The van der Waals surface area contributed by atoms with Crippen molar-refractivity contribution in [3.05, 3.63) is 0 Å². The van der Waals surface area contributed by atoms with Crippen molar-refractivity contribution in [3.63, 3.8) is 0 Å². The van der Waals surface area contributed by atoms with Crippen molar-refractivity contribution in [2.75, 3.05) is 19.8 Å². The van der Waals surface area contributed by atoms with Gasteiger partial charge < -0.3 is 19.5 Å². The number of ether oxygens (including phenoxy) is 3. The van der Waals surface area contributed by atoms with Crippen molar-refractivity contribution in [3.8, 4) is 0 Å². The lowest BCUT2D eigenvalue weighted by molar-refractivity contribution is -0.151. The molecule has 1 fully saturated rings. The number of carbonyl (C=O) groups excluding carboxylic acids is 1. The standard InChI is InChI=1S/C8H15NO4/c1-3-11-7(12-4-2)6-5-13-8(10)9-6/h6-7H,3-5H2,1-2H3,(H,9,10). The van der Waals surface area contributed by atoms with Crippen molar-refractivity contribution in [2.45, 2.75) is 26.2 Å². The lowest BCUT2D eigenvalue weighted by Crippen LogP contribution is -2.41. The zero-order valence-corrected chi connectivity index (χ0v) is 7.91. The van der Waals surface area contributed by atoms with Gasteiger partial charge in [-0.25, -0.2) is 4.79 Å². The summed E-state index contributed by atoms with van der Waals surface area (Å²) in [7, 11) is 0. The molecule has 0 aromatic carbocycles. The Kier molecular flexibility index (Phi) is 3.98. The van der Waals surface area contributed by atoms with E-state index >= 15 is 0 Å². The van der Waals surface area contributed by atoms with Gasteiger partial charge in [-0.15, -0.1) is 0 Å². The van der Waals surface area contributed by atoms with E-state index < -0.39 is 12.4 Å². The van der Waals surface area contributed by atoms with E-state index in [9.17, 15) is 4.79 Å². The smallest absolute Gasteiger partial charge is 0.407 e. The molecule has 0 aliphatic carbocycles. The van der Waals surface area contributed by atoms with E-state index in [2.05, 4.69) is 5.32 Å². The molecule has 1 saturated heterocycles. The maximum Gasteiger partial charge on any atom is 0.407 e. The van der Waals surface area contributed by atoms with E-state index in [0.29, 0.717) is 19.8 Å². The maximum atomic E-state index is 10.7. The second kappa shape index (κ2) is 5.04. The molecule has 1 unspecified atom stereocenters. The van der Waals surface area contributed by atoms with Crippen molar-refractivity contribution >= 4 is 6.09 Å². The molecule has 1 heterocycles. The van der Waals surface area contributed by atoms with Gasteiger partial charge in [0.05, 0.1) is 0 Å². The molecular formula is C8H15NO4. The Morgan fingerprint density at radius 1 is 1.54 bits per heavy atom. The SMILES string of the molecule is CCOC(OCC)C1COC(=O)N1. The van der Waals surface area contributed by atoms with Crippen LogP contribution in [0.1, 0.15) is 13.8 Å². The Hall–Kier alpha value is -0.810. The highest BCUT2D eigenvalue weighted by molar-refractivity contribution is 5.69. The largest absolute Gasteiger partial charge is 0.447 e. The number of hydrogen-bond donors (Lipinski definition) is 1. The Bertz CT molecular complexity index is 168. The van der Waals surface area contributed by atoms with Gasteiger partial charge in [-0.05, 0) is 13.8 Å². The summed E-state index contributed by atoms with van der Waals surface area (Å²) in [5, 5.41) is 2.61. The zero-order valence-electron chi connectivity index (χ0n) is 7.91. The number of nitrogens with one attached hydrogen (secondary N) is 1. The second-order valence-electron chi connectivity index (χ2n) is 2.63. The fraction of sp³-hybridized carbons (Fsp3) is 0.875. The lowest BCUT2D eigenvalue weighted by Gasteiger charge is -2.20. The Balaban J connectivity index is 2.39. The van der Waals surface area contributed by atoms with E-state index in [1.54, 1.807) is 0 Å². The molecule has 1 N–H and O–H groups in total. The molecule has 0 aromatic rings. The van der Waals surface area contributed by atoms with Crippen LogP contribution in [0.15, 0.2) is 0 Å². The van der Waals surface area contributed by atoms with E-state index in [4.69, 9.17) is 14.2 Å². The summed E-state index contributed by atoms with van der Waals surface area (Å²) in [6.07, 6.45) is -0.809. The molecule has 1 rings (SSSR count). The number of cyclic esters (lactones) is 1. The molecular weight excluding hydrogens is 174 g/mol. The third kappa shape index (κ3) is 2.86. The monoisotopic (exact) mass is 189 g/mol. The Morgan fingerprint density at radius 3 is 2.54 bits per heavy atom. The summed E-state index contributed by atoms with van der Waals surface area (Å²) in [6, 6.07) is -0.188.